The van der Waals surface area contributed by atoms with Crippen molar-refractivity contribution in [3.05, 3.63) is 47.5 Å². The first-order chi connectivity index (χ1) is 11.5. The summed E-state index contributed by atoms with van der Waals surface area (Å²) in [5, 5.41) is 16.5. The van der Waals surface area contributed by atoms with Crippen molar-refractivity contribution in [2.45, 2.75) is 31.4 Å². The molecule has 7 heteroatoms. The van der Waals surface area contributed by atoms with Crippen molar-refractivity contribution in [2.24, 2.45) is 11.3 Å². The van der Waals surface area contributed by atoms with Crippen molar-refractivity contribution < 1.29 is 5.11 Å². The molecule has 4 nitrogen and oxygen atoms in total. The van der Waals surface area contributed by atoms with Gasteiger partial charge in [0.05, 0.1) is 12.1 Å². The molecule has 1 fully saturated rings. The van der Waals surface area contributed by atoms with Crippen LogP contribution in [-0.2, 0) is 13.0 Å². The second kappa shape index (κ2) is 7.20. The minimum absolute atomic E-state index is 0.0420. The Morgan fingerprint density at radius 1 is 1.21 bits per heavy atom. The normalized spacial score (nSPS) is 25.9. The van der Waals surface area contributed by atoms with Crippen LogP contribution in [-0.4, -0.2) is 37.2 Å². The molecule has 1 aromatic carbocycles. The van der Waals surface area contributed by atoms with Crippen LogP contribution in [0.15, 0.2) is 36.9 Å². The van der Waals surface area contributed by atoms with Gasteiger partial charge in [0, 0.05) is 22.2 Å². The summed E-state index contributed by atoms with van der Waals surface area (Å²) in [4.78, 5) is 3.97. The molecule has 2 atom stereocenters. The SMILES string of the molecule is O[C@]1(Cn2cncn2)[C@@H](Cc2ccc(Cl)cc2)CCC1(CCl)CCl. The zero-order valence-corrected chi connectivity index (χ0v) is 15.5. The van der Waals surface area contributed by atoms with E-state index in [0.29, 0.717) is 23.3 Å². The van der Waals surface area contributed by atoms with E-state index < -0.39 is 11.0 Å². The number of rotatable bonds is 6. The molecule has 0 aliphatic heterocycles. The molecular weight excluding hydrogens is 369 g/mol. The van der Waals surface area contributed by atoms with Crippen molar-refractivity contribution in [1.29, 1.82) is 0 Å². The Kier molecular flexibility index (Phi) is 5.40. The van der Waals surface area contributed by atoms with Gasteiger partial charge in [0.25, 0.3) is 0 Å². The molecule has 3 rings (SSSR count). The van der Waals surface area contributed by atoms with Crippen LogP contribution in [0.2, 0.25) is 5.02 Å². The first-order valence-corrected chi connectivity index (χ1v) is 9.39. The van der Waals surface area contributed by atoms with Gasteiger partial charge >= 0.3 is 0 Å². The van der Waals surface area contributed by atoms with Gasteiger partial charge in [-0.25, -0.2) is 4.98 Å². The zero-order valence-electron chi connectivity index (χ0n) is 13.2. The van der Waals surface area contributed by atoms with Crippen LogP contribution in [0.4, 0.5) is 0 Å². The number of halogens is 3. The van der Waals surface area contributed by atoms with Crippen molar-refractivity contribution in [3.8, 4) is 0 Å². The predicted molar refractivity (Wildman–Crippen MR) is 96.7 cm³/mol. The molecule has 0 spiro atoms. The highest BCUT2D eigenvalue weighted by Crippen LogP contribution is 2.53. The van der Waals surface area contributed by atoms with Crippen LogP contribution in [0, 0.1) is 11.3 Å². The summed E-state index contributed by atoms with van der Waals surface area (Å²) < 4.78 is 1.66. The number of aromatic nitrogens is 3. The molecule has 0 saturated heterocycles. The van der Waals surface area contributed by atoms with Gasteiger partial charge in [0.1, 0.15) is 12.7 Å². The number of alkyl halides is 2. The number of nitrogens with zero attached hydrogens (tertiary/aromatic N) is 3. The van der Waals surface area contributed by atoms with Crippen LogP contribution in [0.1, 0.15) is 18.4 Å². The molecular formula is C17H20Cl3N3O. The summed E-state index contributed by atoms with van der Waals surface area (Å²) in [5.74, 6) is 0.679. The lowest BCUT2D eigenvalue weighted by Crippen LogP contribution is -2.54. The number of benzene rings is 1. The monoisotopic (exact) mass is 387 g/mol. The Hall–Kier alpha value is -0.810. The van der Waals surface area contributed by atoms with E-state index in [0.717, 1.165) is 24.8 Å². The second-order valence-electron chi connectivity index (χ2n) is 6.63. The molecule has 0 amide bonds. The summed E-state index contributed by atoms with van der Waals surface area (Å²) in [6.07, 6.45) is 5.49. The molecule has 1 heterocycles. The average molecular weight is 389 g/mol. The molecule has 1 aromatic heterocycles. The highest BCUT2D eigenvalue weighted by atomic mass is 35.5. The molecule has 1 saturated carbocycles. The second-order valence-corrected chi connectivity index (χ2v) is 7.60. The lowest BCUT2D eigenvalue weighted by atomic mass is 9.72. The lowest BCUT2D eigenvalue weighted by Gasteiger charge is -2.43. The van der Waals surface area contributed by atoms with E-state index in [1.807, 2.05) is 24.3 Å². The minimum atomic E-state index is -1.04. The average Bonchev–Trinajstić information content (AvgIpc) is 3.17. The smallest absolute Gasteiger partial charge is 0.137 e. The lowest BCUT2D eigenvalue weighted by molar-refractivity contribution is -0.0875. The Morgan fingerprint density at radius 2 is 1.92 bits per heavy atom. The molecule has 24 heavy (non-hydrogen) atoms. The maximum atomic E-state index is 11.7. The quantitative estimate of drug-likeness (QED) is 0.766. The molecule has 0 bridgehead atoms. The third kappa shape index (κ3) is 3.17. The van der Waals surface area contributed by atoms with E-state index in [4.69, 9.17) is 34.8 Å². The first-order valence-electron chi connectivity index (χ1n) is 7.94. The van der Waals surface area contributed by atoms with Gasteiger partial charge < -0.3 is 5.11 Å². The van der Waals surface area contributed by atoms with Crippen molar-refractivity contribution >= 4 is 34.8 Å². The standard InChI is InChI=1S/C17H20Cl3N3O/c18-8-16(9-19)6-5-14(7-13-1-3-15(20)4-2-13)17(16,24)10-23-12-21-11-22-23/h1-4,11-12,14,24H,5-10H2/t14-,17-/m1/s1. The van der Waals surface area contributed by atoms with Gasteiger partial charge in [0.2, 0.25) is 0 Å². The van der Waals surface area contributed by atoms with E-state index >= 15 is 0 Å². The summed E-state index contributed by atoms with van der Waals surface area (Å²) in [7, 11) is 0. The van der Waals surface area contributed by atoms with Crippen LogP contribution >= 0.6 is 34.8 Å². The summed E-state index contributed by atoms with van der Waals surface area (Å²) in [6, 6.07) is 7.75. The van der Waals surface area contributed by atoms with Crippen LogP contribution < -0.4 is 0 Å². The molecule has 1 aliphatic carbocycles. The fourth-order valence-corrected chi connectivity index (χ4v) is 4.92. The highest BCUT2D eigenvalue weighted by Gasteiger charge is 2.58. The fraction of sp³-hybridized carbons (Fsp3) is 0.529. The molecule has 0 unspecified atom stereocenters. The number of aliphatic hydroxyl groups is 1. The van der Waals surface area contributed by atoms with E-state index in [9.17, 15) is 5.11 Å². The molecule has 2 aromatic rings. The van der Waals surface area contributed by atoms with E-state index in [-0.39, 0.29) is 5.92 Å². The Balaban J connectivity index is 1.90. The van der Waals surface area contributed by atoms with Gasteiger partial charge in [-0.15, -0.1) is 23.2 Å². The number of hydrogen-bond donors (Lipinski definition) is 1. The van der Waals surface area contributed by atoms with Crippen LogP contribution in [0.3, 0.4) is 0 Å². The third-order valence-corrected chi connectivity index (χ3v) is 6.62. The summed E-state index contributed by atoms with van der Waals surface area (Å²) in [5.41, 5.74) is -0.426. The van der Waals surface area contributed by atoms with Crippen molar-refractivity contribution in [1.82, 2.24) is 14.8 Å². The summed E-state index contributed by atoms with van der Waals surface area (Å²) >= 11 is 18.5. The Labute approximate surface area is 156 Å². The molecule has 0 radical (unpaired) electrons. The van der Waals surface area contributed by atoms with Crippen molar-refractivity contribution in [2.75, 3.05) is 11.8 Å². The number of hydrogen-bond acceptors (Lipinski definition) is 3. The minimum Gasteiger partial charge on any atom is -0.387 e. The van der Waals surface area contributed by atoms with Gasteiger partial charge in [-0.05, 0) is 42.9 Å². The predicted octanol–water partition coefficient (Wildman–Crippen LogP) is 3.78. The van der Waals surface area contributed by atoms with E-state index in [1.165, 1.54) is 6.33 Å². The largest absolute Gasteiger partial charge is 0.387 e. The zero-order chi connectivity index (χ0) is 17.2. The Bertz CT molecular complexity index is 658. The molecule has 1 N–H and O–H groups in total. The first kappa shape index (κ1) is 18.0. The third-order valence-electron chi connectivity index (χ3n) is 5.34. The maximum Gasteiger partial charge on any atom is 0.137 e. The fourth-order valence-electron chi connectivity index (χ4n) is 3.77. The topological polar surface area (TPSA) is 50.9 Å². The Morgan fingerprint density at radius 3 is 2.50 bits per heavy atom. The summed E-state index contributed by atoms with van der Waals surface area (Å²) in [6.45, 7) is 0.338. The van der Waals surface area contributed by atoms with Gasteiger partial charge in [-0.3, -0.25) is 4.68 Å². The van der Waals surface area contributed by atoms with Gasteiger partial charge in [0.15, 0.2) is 0 Å². The maximum absolute atomic E-state index is 11.7. The van der Waals surface area contributed by atoms with E-state index in [2.05, 4.69) is 10.1 Å². The van der Waals surface area contributed by atoms with Crippen molar-refractivity contribution in [3.63, 3.8) is 0 Å². The molecule has 1 aliphatic rings. The highest BCUT2D eigenvalue weighted by molar-refractivity contribution is 6.30. The molecule has 130 valence electrons. The van der Waals surface area contributed by atoms with Crippen LogP contribution in [0.5, 0.6) is 0 Å². The van der Waals surface area contributed by atoms with Gasteiger partial charge in [-0.1, -0.05) is 23.7 Å². The van der Waals surface area contributed by atoms with E-state index in [1.54, 1.807) is 11.0 Å². The van der Waals surface area contributed by atoms with Crippen LogP contribution in [0.25, 0.3) is 0 Å². The van der Waals surface area contributed by atoms with Gasteiger partial charge in [-0.2, -0.15) is 5.10 Å².